The lowest BCUT2D eigenvalue weighted by Gasteiger charge is -2.12. The number of rotatable bonds is 4. The van der Waals surface area contributed by atoms with Gasteiger partial charge in [0.1, 0.15) is 6.04 Å². The Kier molecular flexibility index (Phi) is 3.02. The van der Waals surface area contributed by atoms with Gasteiger partial charge >= 0.3 is 5.97 Å². The van der Waals surface area contributed by atoms with Crippen LogP contribution in [-0.4, -0.2) is 27.2 Å². The first-order chi connectivity index (χ1) is 6.16. The van der Waals surface area contributed by atoms with Crippen molar-refractivity contribution < 1.29 is 9.90 Å². The summed E-state index contributed by atoms with van der Waals surface area (Å²) in [5.41, 5.74) is 0.661. The molecule has 0 aliphatic rings. The Hall–Kier alpha value is -1.36. The second-order valence-corrected chi connectivity index (χ2v) is 2.76. The van der Waals surface area contributed by atoms with Gasteiger partial charge in [0.2, 0.25) is 0 Å². The largest absolute Gasteiger partial charge is 0.480 e. The first kappa shape index (κ1) is 9.73. The van der Waals surface area contributed by atoms with E-state index in [2.05, 4.69) is 10.3 Å². The average molecular weight is 183 g/mol. The van der Waals surface area contributed by atoms with Crippen LogP contribution in [0.4, 0.5) is 0 Å². The molecule has 0 saturated carbocycles. The molecule has 0 saturated heterocycles. The van der Waals surface area contributed by atoms with Crippen molar-refractivity contribution in [2.75, 3.05) is 6.54 Å². The zero-order valence-corrected chi connectivity index (χ0v) is 7.69. The van der Waals surface area contributed by atoms with E-state index in [0.717, 1.165) is 0 Å². The van der Waals surface area contributed by atoms with E-state index >= 15 is 0 Å². The number of nitrogens with one attached hydrogen (secondary N) is 1. The van der Waals surface area contributed by atoms with Gasteiger partial charge in [0.25, 0.3) is 0 Å². The standard InChI is InChI=1S/C8H13N3O2/c1-3-10-7(8(12)13)6-4-9-5-11(6)2/h4-5,7,10H,3H2,1-2H3,(H,12,13). The van der Waals surface area contributed by atoms with Gasteiger partial charge in [-0.05, 0) is 6.54 Å². The molecule has 5 nitrogen and oxygen atoms in total. The molecule has 0 aromatic carbocycles. The molecule has 1 unspecified atom stereocenters. The van der Waals surface area contributed by atoms with E-state index in [1.54, 1.807) is 24.1 Å². The van der Waals surface area contributed by atoms with Crippen molar-refractivity contribution >= 4 is 5.97 Å². The van der Waals surface area contributed by atoms with Crippen LogP contribution in [0.5, 0.6) is 0 Å². The summed E-state index contributed by atoms with van der Waals surface area (Å²) in [5, 5.41) is 11.8. The Morgan fingerprint density at radius 2 is 2.54 bits per heavy atom. The smallest absolute Gasteiger partial charge is 0.326 e. The normalized spacial score (nSPS) is 12.8. The molecule has 2 N–H and O–H groups in total. The fourth-order valence-electron chi connectivity index (χ4n) is 1.17. The molecule has 1 aromatic heterocycles. The average Bonchev–Trinajstić information content (AvgIpc) is 2.47. The minimum absolute atomic E-state index is 0.613. The molecule has 1 heterocycles. The predicted octanol–water partition coefficient (Wildman–Crippen LogP) is 0.155. The summed E-state index contributed by atoms with van der Waals surface area (Å²) in [5.74, 6) is -0.884. The third-order valence-electron chi connectivity index (χ3n) is 1.80. The molecule has 1 rings (SSSR count). The van der Waals surface area contributed by atoms with E-state index < -0.39 is 12.0 Å². The molecule has 0 amide bonds. The summed E-state index contributed by atoms with van der Waals surface area (Å²) in [6.45, 7) is 2.48. The molecule has 0 bridgehead atoms. The Morgan fingerprint density at radius 3 is 2.92 bits per heavy atom. The molecule has 0 aliphatic heterocycles. The summed E-state index contributed by atoms with van der Waals surface area (Å²) in [6, 6.07) is -0.669. The monoisotopic (exact) mass is 183 g/mol. The minimum Gasteiger partial charge on any atom is -0.480 e. The number of carbonyl (C=O) groups is 1. The molecule has 1 atom stereocenters. The van der Waals surface area contributed by atoms with Crippen molar-refractivity contribution in [3.8, 4) is 0 Å². The molecule has 72 valence electrons. The number of hydrogen-bond donors (Lipinski definition) is 2. The first-order valence-electron chi connectivity index (χ1n) is 4.09. The molecule has 13 heavy (non-hydrogen) atoms. The quantitative estimate of drug-likeness (QED) is 0.697. The number of carboxylic acids is 1. The summed E-state index contributed by atoms with van der Waals surface area (Å²) < 4.78 is 1.70. The maximum absolute atomic E-state index is 10.8. The Labute approximate surface area is 76.4 Å². The highest BCUT2D eigenvalue weighted by Crippen LogP contribution is 2.10. The van der Waals surface area contributed by atoms with Gasteiger partial charge < -0.3 is 9.67 Å². The predicted molar refractivity (Wildman–Crippen MR) is 47.3 cm³/mol. The van der Waals surface area contributed by atoms with Crippen LogP contribution in [0.25, 0.3) is 0 Å². The van der Waals surface area contributed by atoms with Crippen molar-refractivity contribution in [2.24, 2.45) is 7.05 Å². The van der Waals surface area contributed by atoms with Gasteiger partial charge in [-0.25, -0.2) is 4.98 Å². The van der Waals surface area contributed by atoms with Crippen LogP contribution in [0.2, 0.25) is 0 Å². The summed E-state index contributed by atoms with van der Waals surface area (Å²) in [4.78, 5) is 14.7. The fourth-order valence-corrected chi connectivity index (χ4v) is 1.17. The number of aromatic nitrogens is 2. The van der Waals surface area contributed by atoms with Crippen LogP contribution >= 0.6 is 0 Å². The third kappa shape index (κ3) is 2.06. The molecule has 1 aromatic rings. The van der Waals surface area contributed by atoms with Crippen molar-refractivity contribution in [1.29, 1.82) is 0 Å². The fraction of sp³-hybridized carbons (Fsp3) is 0.500. The lowest BCUT2D eigenvalue weighted by molar-refractivity contribution is -0.139. The Morgan fingerprint density at radius 1 is 1.85 bits per heavy atom. The topological polar surface area (TPSA) is 67.2 Å². The maximum Gasteiger partial charge on any atom is 0.326 e. The molecule has 5 heteroatoms. The third-order valence-corrected chi connectivity index (χ3v) is 1.80. The first-order valence-corrected chi connectivity index (χ1v) is 4.09. The maximum atomic E-state index is 10.8. The molecule has 0 spiro atoms. The van der Waals surface area contributed by atoms with Crippen molar-refractivity contribution in [1.82, 2.24) is 14.9 Å². The molecule has 0 aliphatic carbocycles. The summed E-state index contributed by atoms with van der Waals surface area (Å²) >= 11 is 0. The van der Waals surface area contributed by atoms with Gasteiger partial charge in [0.15, 0.2) is 0 Å². The zero-order valence-electron chi connectivity index (χ0n) is 7.69. The summed E-state index contributed by atoms with van der Waals surface area (Å²) in [6.07, 6.45) is 3.14. The van der Waals surface area contributed by atoms with Crippen LogP contribution in [0.3, 0.4) is 0 Å². The number of imidazole rings is 1. The van der Waals surface area contributed by atoms with Crippen molar-refractivity contribution in [2.45, 2.75) is 13.0 Å². The second-order valence-electron chi connectivity index (χ2n) is 2.76. The molecule has 0 radical (unpaired) electrons. The van der Waals surface area contributed by atoms with E-state index in [4.69, 9.17) is 5.11 Å². The van der Waals surface area contributed by atoms with Crippen LogP contribution in [-0.2, 0) is 11.8 Å². The number of hydrogen-bond acceptors (Lipinski definition) is 3. The highest BCUT2D eigenvalue weighted by atomic mass is 16.4. The number of carboxylic acid groups (broad SMARTS) is 1. The minimum atomic E-state index is -0.884. The lowest BCUT2D eigenvalue weighted by Crippen LogP contribution is -2.29. The Bertz CT molecular complexity index is 295. The van der Waals surface area contributed by atoms with Crippen molar-refractivity contribution in [3.63, 3.8) is 0 Å². The number of likely N-dealkylation sites (N-methyl/N-ethyl adjacent to an activating group) is 1. The molecular formula is C8H13N3O2. The number of aliphatic carboxylic acids is 1. The molecular weight excluding hydrogens is 170 g/mol. The summed E-state index contributed by atoms with van der Waals surface area (Å²) in [7, 11) is 1.77. The van der Waals surface area contributed by atoms with Gasteiger partial charge in [0, 0.05) is 7.05 Å². The van der Waals surface area contributed by atoms with Gasteiger partial charge in [-0.15, -0.1) is 0 Å². The van der Waals surface area contributed by atoms with Crippen LogP contribution in [0.1, 0.15) is 18.7 Å². The van der Waals surface area contributed by atoms with E-state index in [1.165, 1.54) is 0 Å². The van der Waals surface area contributed by atoms with E-state index in [1.807, 2.05) is 6.92 Å². The van der Waals surface area contributed by atoms with Crippen LogP contribution in [0.15, 0.2) is 12.5 Å². The van der Waals surface area contributed by atoms with Gasteiger partial charge in [-0.3, -0.25) is 10.1 Å². The highest BCUT2D eigenvalue weighted by molar-refractivity contribution is 5.74. The van der Waals surface area contributed by atoms with Gasteiger partial charge in [-0.1, -0.05) is 6.92 Å². The second kappa shape index (κ2) is 4.04. The van der Waals surface area contributed by atoms with Gasteiger partial charge in [0.05, 0.1) is 18.2 Å². The van der Waals surface area contributed by atoms with E-state index in [-0.39, 0.29) is 0 Å². The van der Waals surface area contributed by atoms with Crippen molar-refractivity contribution in [3.05, 3.63) is 18.2 Å². The van der Waals surface area contributed by atoms with Gasteiger partial charge in [-0.2, -0.15) is 0 Å². The molecule has 0 fully saturated rings. The highest BCUT2D eigenvalue weighted by Gasteiger charge is 2.20. The zero-order chi connectivity index (χ0) is 9.84. The lowest BCUT2D eigenvalue weighted by atomic mass is 10.2. The van der Waals surface area contributed by atoms with E-state index in [9.17, 15) is 4.79 Å². The van der Waals surface area contributed by atoms with Crippen LogP contribution in [0, 0.1) is 0 Å². The van der Waals surface area contributed by atoms with E-state index in [0.29, 0.717) is 12.2 Å². The Balaban J connectivity index is 2.88. The SMILES string of the molecule is CCNC(C(=O)O)c1cncn1C. The number of nitrogens with zero attached hydrogens (tertiary/aromatic N) is 2. The van der Waals surface area contributed by atoms with Crippen LogP contribution < -0.4 is 5.32 Å². The number of aryl methyl sites for hydroxylation is 1.